The fourth-order valence-corrected chi connectivity index (χ4v) is 8.21. The molecule has 0 fully saturated rings. The monoisotopic (exact) mass is 1280 g/mol. The van der Waals surface area contributed by atoms with E-state index < -0.39 is 194 Å². The van der Waals surface area contributed by atoms with E-state index in [4.69, 9.17) is 40.1 Å². The Morgan fingerprint density at radius 3 is 1.31 bits per heavy atom. The molecule has 90 heavy (non-hydrogen) atoms. The number of aliphatic carboxylic acids is 4. The second-order valence-electron chi connectivity index (χ2n) is 21.0. The first-order valence-corrected chi connectivity index (χ1v) is 28.4. The number of guanidine groups is 2. The van der Waals surface area contributed by atoms with E-state index in [-0.39, 0.29) is 75.0 Å². The molecule has 0 aromatic heterocycles. The molecule has 0 spiro atoms. The van der Waals surface area contributed by atoms with Crippen LogP contribution in [0.2, 0.25) is 0 Å². The Bertz CT molecular complexity index is 2720. The Morgan fingerprint density at radius 1 is 0.444 bits per heavy atom. The summed E-state index contributed by atoms with van der Waals surface area (Å²) in [5, 5.41) is 69.5. The van der Waals surface area contributed by atoms with Crippen LogP contribution in [0.1, 0.15) is 110 Å². The highest BCUT2D eigenvalue weighted by Crippen LogP contribution is 2.15. The molecular formula is C53H86N18O19. The number of nitrogens with zero attached hydrogens (tertiary/aromatic N) is 2. The quantitative estimate of drug-likeness (QED) is 0.0164. The number of nitrogens with two attached hydrogens (primary N) is 7. The lowest BCUT2D eigenvalue weighted by Gasteiger charge is -2.29. The van der Waals surface area contributed by atoms with Gasteiger partial charge >= 0.3 is 23.9 Å². The van der Waals surface area contributed by atoms with Crippen LogP contribution in [0.5, 0.6) is 5.75 Å². The summed E-state index contributed by atoms with van der Waals surface area (Å²) in [4.78, 5) is 191. The molecule has 0 saturated carbocycles. The molecule has 0 aliphatic heterocycles. The molecule has 0 heterocycles. The number of phenolic OH excluding ortho intramolecular Hbond substituents is 1. The topological polar surface area (TPSA) is 655 Å². The smallest absolute Gasteiger partial charge is 0.326 e. The molecule has 0 aliphatic rings. The molecule has 37 heteroatoms. The molecule has 10 atom stereocenters. The van der Waals surface area contributed by atoms with Gasteiger partial charge in [0.25, 0.3) is 0 Å². The maximum atomic E-state index is 14.4. The minimum absolute atomic E-state index is 0.0130. The number of aliphatic imine (C=N–C) groups is 2. The second-order valence-corrected chi connectivity index (χ2v) is 21.0. The Hall–Kier alpha value is -9.94. The van der Waals surface area contributed by atoms with Crippen LogP contribution >= 0.6 is 0 Å². The number of carbonyl (C=O) groups is 14. The molecule has 0 bridgehead atoms. The first kappa shape index (κ1) is 78.1. The third-order valence-corrected chi connectivity index (χ3v) is 13.1. The Kier molecular flexibility index (Phi) is 35.1. The predicted octanol–water partition coefficient (Wildman–Crippen LogP) is -7.30. The number of aromatic hydroxyl groups is 1. The van der Waals surface area contributed by atoms with Gasteiger partial charge in [-0.3, -0.25) is 72.3 Å². The van der Waals surface area contributed by atoms with Crippen molar-refractivity contribution >= 4 is 94.9 Å². The van der Waals surface area contributed by atoms with Gasteiger partial charge < -0.3 is 114 Å². The van der Waals surface area contributed by atoms with E-state index in [1.807, 2.05) is 0 Å². The van der Waals surface area contributed by atoms with Crippen LogP contribution in [-0.2, 0) is 73.5 Å². The first-order valence-electron chi connectivity index (χ1n) is 28.4. The van der Waals surface area contributed by atoms with Gasteiger partial charge in [-0.15, -0.1) is 0 Å². The molecule has 1 aromatic carbocycles. The molecule has 10 unspecified atom stereocenters. The van der Waals surface area contributed by atoms with E-state index in [1.165, 1.54) is 38.1 Å². The lowest BCUT2D eigenvalue weighted by Crippen LogP contribution is -2.61. The van der Waals surface area contributed by atoms with Crippen molar-refractivity contribution in [1.29, 1.82) is 0 Å². The van der Waals surface area contributed by atoms with Crippen molar-refractivity contribution in [2.24, 2.45) is 56.0 Å². The van der Waals surface area contributed by atoms with Crippen LogP contribution in [0.4, 0.5) is 0 Å². The largest absolute Gasteiger partial charge is 0.508 e. The number of carbonyl (C=O) groups excluding carboxylic acids is 10. The summed E-state index contributed by atoms with van der Waals surface area (Å²) in [5.74, 6) is -18.8. The summed E-state index contributed by atoms with van der Waals surface area (Å²) < 4.78 is 0. The Balaban J connectivity index is 3.63. The highest BCUT2D eigenvalue weighted by molar-refractivity contribution is 5.99. The predicted molar refractivity (Wildman–Crippen MR) is 318 cm³/mol. The fraction of sp³-hybridized carbons (Fsp3) is 0.585. The number of primary amides is 1. The van der Waals surface area contributed by atoms with Crippen LogP contribution < -0.4 is 88.0 Å². The summed E-state index contributed by atoms with van der Waals surface area (Å²) in [7, 11) is 0. The van der Waals surface area contributed by atoms with E-state index in [1.54, 1.807) is 0 Å². The van der Waals surface area contributed by atoms with E-state index in [0.717, 1.165) is 6.92 Å². The molecule has 37 nitrogen and oxygen atoms in total. The van der Waals surface area contributed by atoms with Crippen molar-refractivity contribution in [2.45, 2.75) is 171 Å². The van der Waals surface area contributed by atoms with Gasteiger partial charge in [0.05, 0.1) is 18.9 Å². The van der Waals surface area contributed by atoms with Crippen molar-refractivity contribution in [1.82, 2.24) is 47.9 Å². The van der Waals surface area contributed by atoms with E-state index >= 15 is 0 Å². The molecule has 0 aliphatic carbocycles. The molecule has 0 radical (unpaired) electrons. The second kappa shape index (κ2) is 40.5. The Morgan fingerprint density at radius 2 is 0.856 bits per heavy atom. The van der Waals surface area contributed by atoms with Crippen molar-refractivity contribution in [3.05, 3.63) is 29.8 Å². The zero-order valence-corrected chi connectivity index (χ0v) is 50.1. The Labute approximate surface area is 516 Å². The summed E-state index contributed by atoms with van der Waals surface area (Å²) >= 11 is 0. The van der Waals surface area contributed by atoms with Crippen molar-refractivity contribution in [3.8, 4) is 5.75 Å². The van der Waals surface area contributed by atoms with Gasteiger partial charge in [-0.05, 0) is 94.9 Å². The third kappa shape index (κ3) is 31.6. The molecular weight excluding hydrogens is 1190 g/mol. The normalized spacial score (nSPS) is 14.2. The van der Waals surface area contributed by atoms with Crippen molar-refractivity contribution in [3.63, 3.8) is 0 Å². The van der Waals surface area contributed by atoms with Crippen LogP contribution in [0.25, 0.3) is 0 Å². The van der Waals surface area contributed by atoms with Gasteiger partial charge in [-0.1, -0.05) is 26.0 Å². The number of amides is 10. The van der Waals surface area contributed by atoms with Crippen LogP contribution in [0.3, 0.4) is 0 Å². The summed E-state index contributed by atoms with van der Waals surface area (Å²) in [6, 6.07) is -11.3. The maximum Gasteiger partial charge on any atom is 0.326 e. The number of carboxylic acid groups (broad SMARTS) is 4. The van der Waals surface area contributed by atoms with Gasteiger partial charge in [0, 0.05) is 32.4 Å². The zero-order chi connectivity index (χ0) is 68.4. The maximum absolute atomic E-state index is 14.4. The number of nitrogens with one attached hydrogen (secondary N) is 9. The summed E-state index contributed by atoms with van der Waals surface area (Å²) in [6.45, 7) is 4.30. The molecule has 28 N–H and O–H groups in total. The first-order chi connectivity index (χ1) is 42.1. The third-order valence-electron chi connectivity index (χ3n) is 13.1. The number of carboxylic acids is 4. The van der Waals surface area contributed by atoms with Crippen molar-refractivity contribution in [2.75, 3.05) is 19.6 Å². The average Bonchev–Trinajstić information content (AvgIpc) is 1.33. The number of rotatable bonds is 44. The van der Waals surface area contributed by atoms with E-state index in [2.05, 4.69) is 57.8 Å². The van der Waals surface area contributed by atoms with Gasteiger partial charge in [0.15, 0.2) is 11.9 Å². The van der Waals surface area contributed by atoms with Gasteiger partial charge in [-0.2, -0.15) is 0 Å². The fourth-order valence-electron chi connectivity index (χ4n) is 8.21. The van der Waals surface area contributed by atoms with Crippen LogP contribution in [-0.4, -0.2) is 200 Å². The minimum atomic E-state index is -1.90. The average molecular weight is 1280 g/mol. The summed E-state index contributed by atoms with van der Waals surface area (Å²) in [5.41, 5.74) is 38.4. The highest BCUT2D eigenvalue weighted by Gasteiger charge is 2.37. The zero-order valence-electron chi connectivity index (χ0n) is 50.1. The van der Waals surface area contributed by atoms with Gasteiger partial charge in [-0.25, -0.2) is 4.79 Å². The number of hydrogen-bond acceptors (Lipinski definition) is 19. The molecule has 0 saturated heterocycles. The van der Waals surface area contributed by atoms with Gasteiger partial charge in [0.2, 0.25) is 59.1 Å². The highest BCUT2D eigenvalue weighted by atomic mass is 16.4. The standard InChI is InChI=1S/C53H86N18O19/c1-25(2)41(71-49(87)35(24-40(78)79)68-45(83)30(9-4-5-19-54)65-43(81)29(55)8-6-20-61-52(57)58)50(88)69-34(22-27-11-13-28(72)14-12-27)48(86)67-33(16-18-39(76)77)47(85)66-32(15-17-38(74)75)44(82)63-26(3)42(80)64-31(10-7-21-62-53(59)60)46(84)70-36(51(89)90)23-37(56)73/h11-14,25-26,29-36,41,72H,4-10,15-24,54-55H2,1-3H3,(H2,56,73)(H,63,82)(H,64,80)(H,65,81)(H,66,85)(H,67,86)(H,68,83)(H,69,88)(H,70,84)(H,71,87)(H,74,75)(H,76,77)(H,78,79)(H,89,90)(H4,57,58,61)(H4,59,60,62). The minimum Gasteiger partial charge on any atom is -0.508 e. The van der Waals surface area contributed by atoms with E-state index in [0.29, 0.717) is 12.8 Å². The molecule has 1 aromatic rings. The number of hydrogen-bond donors (Lipinski definition) is 21. The van der Waals surface area contributed by atoms with Crippen LogP contribution in [0.15, 0.2) is 34.3 Å². The van der Waals surface area contributed by atoms with Crippen molar-refractivity contribution < 1.29 is 92.7 Å². The van der Waals surface area contributed by atoms with Gasteiger partial charge in [0.1, 0.15) is 60.1 Å². The molecule has 1 rings (SSSR count). The number of benzene rings is 1. The van der Waals surface area contributed by atoms with E-state index in [9.17, 15) is 92.7 Å². The van der Waals surface area contributed by atoms with Crippen LogP contribution in [0, 0.1) is 5.92 Å². The molecule has 502 valence electrons. The summed E-state index contributed by atoms with van der Waals surface area (Å²) in [6.07, 6.45) is -4.51. The molecule has 10 amide bonds. The lowest BCUT2D eigenvalue weighted by atomic mass is 9.99. The number of phenols is 1. The number of unbranched alkanes of at least 4 members (excludes halogenated alkanes) is 1. The lowest BCUT2D eigenvalue weighted by molar-refractivity contribution is -0.144. The SMILES string of the molecule is CC(NC(=O)C(CCC(=O)O)NC(=O)C(CCC(=O)O)NC(=O)C(Cc1ccc(O)cc1)NC(=O)C(NC(=O)C(CC(=O)O)NC(=O)C(CCCCN)NC(=O)C(N)CCCN=C(N)N)C(C)C)C(=O)NC(CCCN=C(N)N)C(=O)NC(CC(N)=O)C(=O)O.